The van der Waals surface area contributed by atoms with Crippen molar-refractivity contribution >= 4 is 22.4 Å². The maximum atomic E-state index is 13.4. The van der Waals surface area contributed by atoms with Crippen LogP contribution in [0.25, 0.3) is 22.0 Å². The predicted octanol–water partition coefficient (Wildman–Crippen LogP) is 4.40. The van der Waals surface area contributed by atoms with Gasteiger partial charge in [-0.1, -0.05) is 18.2 Å². The van der Waals surface area contributed by atoms with E-state index in [1.165, 1.54) is 0 Å². The van der Waals surface area contributed by atoms with Crippen molar-refractivity contribution in [1.82, 2.24) is 14.5 Å². The largest absolute Gasteiger partial charge is 0.478 e. The average Bonchev–Trinajstić information content (AvgIpc) is 2.81. The number of hydrogen-bond donors (Lipinski definition) is 3. The number of aromatic nitrogens is 3. The first-order valence-corrected chi connectivity index (χ1v) is 11.3. The summed E-state index contributed by atoms with van der Waals surface area (Å²) in [6.07, 6.45) is 3.19. The van der Waals surface area contributed by atoms with E-state index in [1.807, 2.05) is 32.0 Å². The number of para-hydroxylation sites is 1. The van der Waals surface area contributed by atoms with Crippen molar-refractivity contribution in [3.05, 3.63) is 87.7 Å². The van der Waals surface area contributed by atoms with Gasteiger partial charge in [-0.25, -0.2) is 14.8 Å². The van der Waals surface area contributed by atoms with Gasteiger partial charge >= 0.3 is 5.97 Å². The van der Waals surface area contributed by atoms with Crippen molar-refractivity contribution in [1.29, 1.82) is 0 Å². The van der Waals surface area contributed by atoms with Gasteiger partial charge in [0.15, 0.2) is 5.82 Å². The number of nitrogens with zero attached hydrogens (tertiary/aromatic N) is 3. The predicted molar refractivity (Wildman–Crippen MR) is 136 cm³/mol. The molecule has 0 bridgehead atoms. The summed E-state index contributed by atoms with van der Waals surface area (Å²) in [6, 6.07) is 12.2. The third-order valence-corrected chi connectivity index (χ3v) is 6.02. The van der Waals surface area contributed by atoms with Crippen LogP contribution in [-0.2, 0) is 12.6 Å². The van der Waals surface area contributed by atoms with Crippen LogP contribution in [-0.4, -0.2) is 30.7 Å². The lowest BCUT2D eigenvalue weighted by Gasteiger charge is -2.21. The second-order valence-corrected chi connectivity index (χ2v) is 9.28. The molecule has 0 fully saturated rings. The van der Waals surface area contributed by atoms with E-state index in [2.05, 4.69) is 15.3 Å². The lowest BCUT2D eigenvalue weighted by molar-refractivity contribution is 0.0683. The summed E-state index contributed by atoms with van der Waals surface area (Å²) < 4.78 is 1.56. The third-order valence-electron chi connectivity index (χ3n) is 6.02. The molecule has 0 amide bonds. The summed E-state index contributed by atoms with van der Waals surface area (Å²) in [5.74, 6) is -0.724. The number of anilines is 1. The van der Waals surface area contributed by atoms with Gasteiger partial charge in [0.1, 0.15) is 5.60 Å². The van der Waals surface area contributed by atoms with Gasteiger partial charge in [-0.3, -0.25) is 4.79 Å². The fourth-order valence-electron chi connectivity index (χ4n) is 4.21. The molecule has 4 rings (SSSR count). The summed E-state index contributed by atoms with van der Waals surface area (Å²) >= 11 is 0. The molecule has 0 spiro atoms. The number of aliphatic hydroxyl groups is 1. The number of carbonyl (C=O) groups is 1. The molecule has 1 atom stereocenters. The zero-order chi connectivity index (χ0) is 25.5. The number of hydrogen-bond acceptors (Lipinski definition) is 6. The number of fused-ring (bicyclic) bond motifs is 1. The Morgan fingerprint density at radius 1 is 1.09 bits per heavy atom. The minimum Gasteiger partial charge on any atom is -0.478 e. The van der Waals surface area contributed by atoms with E-state index in [0.717, 1.165) is 16.5 Å². The van der Waals surface area contributed by atoms with Gasteiger partial charge in [0.05, 0.1) is 11.3 Å². The minimum atomic E-state index is -1.17. The maximum absolute atomic E-state index is 13.4. The second-order valence-electron chi connectivity index (χ2n) is 9.28. The molecular formula is C27H28N4O4. The van der Waals surface area contributed by atoms with Crippen molar-refractivity contribution in [3.63, 3.8) is 0 Å². The van der Waals surface area contributed by atoms with Gasteiger partial charge in [-0.05, 0) is 68.5 Å². The van der Waals surface area contributed by atoms with Crippen LogP contribution < -0.4 is 10.9 Å². The lowest BCUT2D eigenvalue weighted by atomic mass is 9.96. The van der Waals surface area contributed by atoms with Crippen LogP contribution >= 0.6 is 0 Å². The molecule has 2 aromatic heterocycles. The Kier molecular flexibility index (Phi) is 6.17. The topological polar surface area (TPSA) is 117 Å². The van der Waals surface area contributed by atoms with Crippen molar-refractivity contribution in [2.75, 3.05) is 5.32 Å². The first-order chi connectivity index (χ1) is 16.5. The van der Waals surface area contributed by atoms with Crippen LogP contribution in [0, 0.1) is 6.92 Å². The standard InChI is InChI=1S/C27H28N4O4/c1-15-10-19(16(2)30-22-9-7-6-8-18(22)25(33)34)20-12-23(31(5)24(32)21(20)11-15)17-13-28-26(29-14-17)27(3,4)35/h6-14,16,30,35H,1-5H3,(H,33,34)/t16-/m1/s1. The van der Waals surface area contributed by atoms with Crippen LogP contribution in [0.4, 0.5) is 5.69 Å². The molecule has 3 N–H and O–H groups in total. The van der Waals surface area contributed by atoms with Crippen LogP contribution in [0.15, 0.2) is 59.7 Å². The summed E-state index contributed by atoms with van der Waals surface area (Å²) in [6.45, 7) is 7.08. The Morgan fingerprint density at radius 2 is 1.74 bits per heavy atom. The molecule has 0 unspecified atom stereocenters. The van der Waals surface area contributed by atoms with Crippen LogP contribution in [0.3, 0.4) is 0 Å². The van der Waals surface area contributed by atoms with Crippen molar-refractivity contribution < 1.29 is 15.0 Å². The minimum absolute atomic E-state index is 0.160. The van der Waals surface area contributed by atoms with Crippen LogP contribution in [0.2, 0.25) is 0 Å². The molecule has 180 valence electrons. The highest BCUT2D eigenvalue weighted by Gasteiger charge is 2.21. The number of benzene rings is 2. The van der Waals surface area contributed by atoms with E-state index >= 15 is 0 Å². The van der Waals surface area contributed by atoms with Crippen LogP contribution in [0.5, 0.6) is 0 Å². The van der Waals surface area contributed by atoms with Crippen LogP contribution in [0.1, 0.15) is 54.1 Å². The Morgan fingerprint density at radius 3 is 2.37 bits per heavy atom. The lowest BCUT2D eigenvalue weighted by Crippen LogP contribution is -2.21. The van der Waals surface area contributed by atoms with Crippen molar-refractivity contribution in [2.24, 2.45) is 7.05 Å². The van der Waals surface area contributed by atoms with E-state index in [9.17, 15) is 19.8 Å². The Labute approximate surface area is 202 Å². The fourth-order valence-corrected chi connectivity index (χ4v) is 4.21. The normalized spacial score (nSPS) is 12.5. The Bertz CT molecular complexity index is 1480. The number of pyridine rings is 1. The molecule has 0 aliphatic heterocycles. The fraction of sp³-hybridized carbons (Fsp3) is 0.259. The molecule has 0 saturated heterocycles. The Balaban J connectivity index is 1.86. The summed E-state index contributed by atoms with van der Waals surface area (Å²) in [7, 11) is 1.70. The molecule has 2 aromatic carbocycles. The molecule has 8 nitrogen and oxygen atoms in total. The zero-order valence-electron chi connectivity index (χ0n) is 20.3. The zero-order valence-corrected chi connectivity index (χ0v) is 20.3. The summed E-state index contributed by atoms with van der Waals surface area (Å²) in [5.41, 5.74) is 2.41. The smallest absolute Gasteiger partial charge is 0.337 e. The molecule has 0 aliphatic rings. The van der Waals surface area contributed by atoms with Gasteiger partial charge in [-0.2, -0.15) is 0 Å². The van der Waals surface area contributed by atoms with Gasteiger partial charge < -0.3 is 20.1 Å². The monoisotopic (exact) mass is 472 g/mol. The molecule has 0 aliphatic carbocycles. The van der Waals surface area contributed by atoms with Crippen molar-refractivity contribution in [3.8, 4) is 11.3 Å². The van der Waals surface area contributed by atoms with Gasteiger partial charge in [0.2, 0.25) is 0 Å². The number of aromatic carboxylic acids is 1. The van der Waals surface area contributed by atoms with Gasteiger partial charge in [0, 0.05) is 42.1 Å². The molecule has 0 radical (unpaired) electrons. The molecular weight excluding hydrogens is 444 g/mol. The highest BCUT2D eigenvalue weighted by molar-refractivity contribution is 5.94. The first kappa shape index (κ1) is 24.1. The number of nitrogens with one attached hydrogen (secondary N) is 1. The van der Waals surface area contributed by atoms with E-state index in [4.69, 9.17) is 0 Å². The average molecular weight is 473 g/mol. The second kappa shape index (κ2) is 8.96. The van der Waals surface area contributed by atoms with E-state index < -0.39 is 11.6 Å². The van der Waals surface area contributed by atoms with Gasteiger partial charge in [0.25, 0.3) is 5.56 Å². The highest BCUT2D eigenvalue weighted by Crippen LogP contribution is 2.31. The van der Waals surface area contributed by atoms with E-state index in [0.29, 0.717) is 28.2 Å². The number of carboxylic acid groups (broad SMARTS) is 1. The quantitative estimate of drug-likeness (QED) is 0.381. The first-order valence-electron chi connectivity index (χ1n) is 11.3. The van der Waals surface area contributed by atoms with E-state index in [1.54, 1.807) is 62.1 Å². The third kappa shape index (κ3) is 4.65. The SMILES string of the molecule is Cc1cc([C@@H](C)Nc2ccccc2C(=O)O)c2cc(-c3cnc(C(C)(C)O)nc3)n(C)c(=O)c2c1. The molecule has 4 aromatic rings. The number of rotatable bonds is 6. The molecule has 8 heteroatoms. The number of aryl methyl sites for hydroxylation is 1. The molecule has 2 heterocycles. The highest BCUT2D eigenvalue weighted by atomic mass is 16.4. The maximum Gasteiger partial charge on any atom is 0.337 e. The number of carboxylic acids is 1. The van der Waals surface area contributed by atoms with Crippen molar-refractivity contribution in [2.45, 2.75) is 39.3 Å². The van der Waals surface area contributed by atoms with Gasteiger partial charge in [-0.15, -0.1) is 0 Å². The molecule has 35 heavy (non-hydrogen) atoms. The Hall–Kier alpha value is -4.04. The van der Waals surface area contributed by atoms with E-state index in [-0.39, 0.29) is 17.2 Å². The summed E-state index contributed by atoms with van der Waals surface area (Å²) in [5, 5.41) is 24.3. The molecule has 0 saturated carbocycles. The summed E-state index contributed by atoms with van der Waals surface area (Å²) in [4.78, 5) is 33.6.